The number of Topliss-reactive ketones (excluding diaryl/α,β-unsaturated/α-hetero) is 1. The van der Waals surface area contributed by atoms with Crippen LogP contribution in [0.25, 0.3) is 11.4 Å². The minimum atomic E-state index is -5.38. The Hall–Kier alpha value is -5.89. The third kappa shape index (κ3) is 8.09. The largest absolute Gasteiger partial charge is 0.458 e. The maximum atomic E-state index is 14.0. The Bertz CT molecular complexity index is 1850. The number of esters is 2. The molecule has 0 radical (unpaired) electrons. The van der Waals surface area contributed by atoms with Gasteiger partial charge in [-0.05, 0) is 23.3 Å². The molecule has 248 valence electrons. The summed E-state index contributed by atoms with van der Waals surface area (Å²) in [4.78, 5) is 69.9. The van der Waals surface area contributed by atoms with Gasteiger partial charge >= 0.3 is 18.1 Å². The fraction of sp³-hybridized carbons (Fsp3) is 0.176. The zero-order valence-corrected chi connectivity index (χ0v) is 25.2. The molecule has 0 aliphatic heterocycles. The second-order valence-electron chi connectivity index (χ2n) is 10.3. The summed E-state index contributed by atoms with van der Waals surface area (Å²) in [5.74, 6) is -6.44. The Morgan fingerprint density at radius 1 is 0.896 bits per heavy atom. The van der Waals surface area contributed by atoms with Gasteiger partial charge in [-0.3, -0.25) is 24.7 Å². The van der Waals surface area contributed by atoms with E-state index in [0.717, 1.165) is 12.3 Å². The van der Waals surface area contributed by atoms with Crippen LogP contribution in [0.3, 0.4) is 0 Å². The second-order valence-corrected chi connectivity index (χ2v) is 10.3. The molecule has 48 heavy (non-hydrogen) atoms. The van der Waals surface area contributed by atoms with Crippen molar-refractivity contribution in [1.82, 2.24) is 14.9 Å². The summed E-state index contributed by atoms with van der Waals surface area (Å²) in [6.45, 7) is 2.90. The van der Waals surface area contributed by atoms with Gasteiger partial charge in [-0.25, -0.2) is 14.6 Å². The van der Waals surface area contributed by atoms with Crippen molar-refractivity contribution in [2.45, 2.75) is 30.9 Å². The summed E-state index contributed by atoms with van der Waals surface area (Å²) >= 11 is 0. The molecule has 0 aliphatic carbocycles. The molecule has 2 atom stereocenters. The Labute approximate surface area is 271 Å². The van der Waals surface area contributed by atoms with Gasteiger partial charge in [0, 0.05) is 24.2 Å². The third-order valence-corrected chi connectivity index (χ3v) is 6.96. The van der Waals surface area contributed by atoms with Crippen LogP contribution in [0.15, 0.2) is 115 Å². The van der Waals surface area contributed by atoms with E-state index < -0.39 is 60.1 Å². The number of hydrogen-bond donors (Lipinski definition) is 2. The van der Waals surface area contributed by atoms with Crippen molar-refractivity contribution in [3.63, 3.8) is 0 Å². The molecule has 1 amide bonds. The van der Waals surface area contributed by atoms with Crippen LogP contribution >= 0.6 is 0 Å². The van der Waals surface area contributed by atoms with E-state index in [-0.39, 0.29) is 29.1 Å². The highest BCUT2D eigenvalue weighted by Crippen LogP contribution is 2.24. The summed E-state index contributed by atoms with van der Waals surface area (Å²) in [6, 6.07) is 19.6. The number of carbonyl (C=O) groups excluding carboxylic acids is 4. The fourth-order valence-electron chi connectivity index (χ4n) is 4.56. The molecule has 3 aromatic carbocycles. The molecule has 1 heterocycles. The molecule has 0 saturated carbocycles. The first-order valence-electron chi connectivity index (χ1n) is 14.3. The lowest BCUT2D eigenvalue weighted by molar-refractivity contribution is -0.174. The second kappa shape index (κ2) is 15.1. The van der Waals surface area contributed by atoms with Crippen molar-refractivity contribution < 1.29 is 41.8 Å². The van der Waals surface area contributed by atoms with E-state index in [0.29, 0.717) is 10.1 Å². The number of ether oxygens (including phenoxy) is 2. The Morgan fingerprint density at radius 2 is 1.52 bits per heavy atom. The van der Waals surface area contributed by atoms with Crippen LogP contribution < -0.4 is 16.6 Å². The van der Waals surface area contributed by atoms with E-state index in [1.165, 1.54) is 66.7 Å². The average molecular weight is 663 g/mol. The number of amides is 1. The molecule has 0 bridgehead atoms. The predicted molar refractivity (Wildman–Crippen MR) is 166 cm³/mol. The number of ketones is 1. The van der Waals surface area contributed by atoms with E-state index in [2.05, 4.69) is 11.6 Å². The summed E-state index contributed by atoms with van der Waals surface area (Å²) < 4.78 is 51.9. The lowest BCUT2D eigenvalue weighted by Gasteiger charge is -2.31. The molecular weight excluding hydrogens is 633 g/mol. The van der Waals surface area contributed by atoms with Crippen molar-refractivity contribution in [2.75, 3.05) is 6.61 Å². The molecule has 3 N–H and O–H groups in total. The highest BCUT2D eigenvalue weighted by Gasteiger charge is 2.51. The van der Waals surface area contributed by atoms with Crippen LogP contribution in [0.5, 0.6) is 0 Å². The minimum Gasteiger partial charge on any atom is -0.458 e. The van der Waals surface area contributed by atoms with Gasteiger partial charge in [0.15, 0.2) is 0 Å². The third-order valence-electron chi connectivity index (χ3n) is 6.96. The number of benzene rings is 3. The maximum absolute atomic E-state index is 14.0. The van der Waals surface area contributed by atoms with Crippen LogP contribution in [0, 0.1) is 0 Å². The number of halogens is 3. The number of nitrogens with one attached hydrogen (secondary N) is 1. The molecular formula is C34H29F3N4O7. The van der Waals surface area contributed by atoms with Gasteiger partial charge in [-0.1, -0.05) is 85.5 Å². The molecule has 2 unspecified atom stereocenters. The van der Waals surface area contributed by atoms with Crippen molar-refractivity contribution in [1.29, 1.82) is 0 Å². The molecule has 0 saturated heterocycles. The van der Waals surface area contributed by atoms with E-state index in [4.69, 9.17) is 15.2 Å². The van der Waals surface area contributed by atoms with Gasteiger partial charge in [-0.15, -0.1) is 0 Å². The first kappa shape index (κ1) is 35.0. The number of hydrogen-bond acceptors (Lipinski definition) is 9. The lowest BCUT2D eigenvalue weighted by Crippen LogP contribution is -2.66. The Kier molecular flexibility index (Phi) is 11.0. The van der Waals surface area contributed by atoms with Crippen LogP contribution in [-0.2, 0) is 42.5 Å². The first-order chi connectivity index (χ1) is 22.9. The Balaban J connectivity index is 1.74. The quantitative estimate of drug-likeness (QED) is 0.124. The summed E-state index contributed by atoms with van der Waals surface area (Å²) in [5, 5.41) is 1.95. The Morgan fingerprint density at radius 3 is 2.12 bits per heavy atom. The maximum Gasteiger partial charge on any atom is 0.452 e. The molecule has 4 rings (SSSR count). The van der Waals surface area contributed by atoms with Gasteiger partial charge in [-0.2, -0.15) is 13.2 Å². The van der Waals surface area contributed by atoms with Crippen LogP contribution in [-0.4, -0.2) is 52.0 Å². The number of alkyl halides is 3. The average Bonchev–Trinajstić information content (AvgIpc) is 3.09. The first-order valence-corrected chi connectivity index (χ1v) is 14.3. The predicted octanol–water partition coefficient (Wildman–Crippen LogP) is 3.47. The van der Waals surface area contributed by atoms with Gasteiger partial charge in [0.05, 0.1) is 5.56 Å². The zero-order chi connectivity index (χ0) is 34.9. The minimum absolute atomic E-state index is 0.0156. The van der Waals surface area contributed by atoms with E-state index >= 15 is 0 Å². The smallest absolute Gasteiger partial charge is 0.452 e. The van der Waals surface area contributed by atoms with E-state index in [1.54, 1.807) is 24.3 Å². The highest BCUT2D eigenvalue weighted by molar-refractivity contribution is 6.06. The monoisotopic (exact) mass is 662 g/mol. The van der Waals surface area contributed by atoms with E-state index in [9.17, 15) is 37.1 Å². The SMILES string of the molecule is C=CCOC(=O)c1ccc(COC(=O)C(N)(C(=O)NC(Cc2ccccc2)C(=O)C(F)(F)F)n2c(-c3ccccc3)nccc2=O)cc1. The molecule has 0 spiro atoms. The lowest BCUT2D eigenvalue weighted by atomic mass is 10.00. The number of nitrogens with zero attached hydrogens (tertiary/aromatic N) is 2. The fourth-order valence-corrected chi connectivity index (χ4v) is 4.56. The normalized spacial score (nSPS) is 13.0. The van der Waals surface area contributed by atoms with Gasteiger partial charge in [0.25, 0.3) is 22.9 Å². The van der Waals surface area contributed by atoms with Crippen LogP contribution in [0.4, 0.5) is 13.2 Å². The van der Waals surface area contributed by atoms with Gasteiger partial charge in [0.2, 0.25) is 0 Å². The number of rotatable bonds is 13. The van der Waals surface area contributed by atoms with Crippen molar-refractivity contribution in [2.24, 2.45) is 5.73 Å². The molecule has 0 aliphatic rings. The molecule has 4 aromatic rings. The standard InChI is InChI=1S/C34H29F3N4O7/c1-2-19-47-30(44)25-15-13-23(14-16-25)21-48-32(46)33(38,41-27(42)17-18-39-29(41)24-11-7-4-8-12-24)31(45)40-26(28(43)34(35,36)37)20-22-9-5-3-6-10-22/h2-18,26H,1,19-21,38H2,(H,40,45). The summed E-state index contributed by atoms with van der Waals surface area (Å²) in [7, 11) is 0. The van der Waals surface area contributed by atoms with Gasteiger partial charge in [0.1, 0.15) is 25.1 Å². The van der Waals surface area contributed by atoms with Crippen molar-refractivity contribution in [3.05, 3.63) is 137 Å². The highest BCUT2D eigenvalue weighted by atomic mass is 19.4. The summed E-state index contributed by atoms with van der Waals surface area (Å²) in [6.07, 6.45) is -3.52. The molecule has 11 nitrogen and oxygen atoms in total. The zero-order valence-electron chi connectivity index (χ0n) is 25.2. The van der Waals surface area contributed by atoms with E-state index in [1.807, 2.05) is 5.32 Å². The van der Waals surface area contributed by atoms with Crippen molar-refractivity contribution >= 4 is 23.6 Å². The molecule has 14 heteroatoms. The summed E-state index contributed by atoms with van der Waals surface area (Å²) in [5.41, 5.74) is 3.20. The van der Waals surface area contributed by atoms with Crippen LogP contribution in [0.2, 0.25) is 0 Å². The topological polar surface area (TPSA) is 160 Å². The van der Waals surface area contributed by atoms with Crippen LogP contribution in [0.1, 0.15) is 21.5 Å². The molecule has 0 fully saturated rings. The number of aromatic nitrogens is 2. The van der Waals surface area contributed by atoms with Gasteiger partial charge < -0.3 is 14.8 Å². The number of carbonyl (C=O) groups is 4. The van der Waals surface area contributed by atoms with Crippen molar-refractivity contribution in [3.8, 4) is 11.4 Å². The number of nitrogens with two attached hydrogens (primary N) is 1. The molecule has 1 aromatic heterocycles.